The summed E-state index contributed by atoms with van der Waals surface area (Å²) in [5.41, 5.74) is 2.14. The van der Waals surface area contributed by atoms with E-state index in [1.54, 1.807) is 6.08 Å². The van der Waals surface area contributed by atoms with Gasteiger partial charge in [-0.1, -0.05) is 24.3 Å². The first kappa shape index (κ1) is 12.6. The quantitative estimate of drug-likeness (QED) is 0.440. The second-order valence-corrected chi connectivity index (χ2v) is 4.83. The molecule has 3 N–H and O–H groups in total. The number of H-pyrrole nitrogens is 1. The van der Waals surface area contributed by atoms with Crippen LogP contribution in [0.15, 0.2) is 42.1 Å². The van der Waals surface area contributed by atoms with E-state index in [0.29, 0.717) is 6.42 Å². The number of aromatic amines is 1. The molecule has 1 fully saturated rings. The molecular weight excluding hydrogens is 274 g/mol. The number of fused-ring (bicyclic) bond motifs is 1. The number of amides is 2. The lowest BCUT2D eigenvalue weighted by Gasteiger charge is -2.16. The Hall–Kier alpha value is -2.47. The maximum absolute atomic E-state index is 11.7. The fraction of sp³-hybridized carbons (Fsp3) is 0.0714. The molecule has 1 aliphatic rings. The van der Waals surface area contributed by atoms with E-state index < -0.39 is 11.8 Å². The molecule has 3 rings (SSSR count). The fourth-order valence-corrected chi connectivity index (χ4v) is 2.36. The van der Waals surface area contributed by atoms with Crippen molar-refractivity contribution in [2.45, 2.75) is 6.42 Å². The van der Waals surface area contributed by atoms with Gasteiger partial charge in [0.05, 0.1) is 0 Å². The van der Waals surface area contributed by atoms with Crippen molar-refractivity contribution in [3.05, 3.63) is 47.7 Å². The Morgan fingerprint density at radius 3 is 2.55 bits per heavy atom. The van der Waals surface area contributed by atoms with Crippen molar-refractivity contribution in [2.75, 3.05) is 0 Å². The van der Waals surface area contributed by atoms with Crippen molar-refractivity contribution in [1.82, 2.24) is 15.6 Å². The third kappa shape index (κ3) is 2.21. The maximum atomic E-state index is 11.7. The number of para-hydroxylation sites is 1. The highest BCUT2D eigenvalue weighted by atomic mass is 32.1. The highest BCUT2D eigenvalue weighted by Gasteiger charge is 2.25. The summed E-state index contributed by atoms with van der Waals surface area (Å²) in [6.45, 7) is 0. The Balaban J connectivity index is 1.88. The lowest BCUT2D eigenvalue weighted by atomic mass is 10.1. The predicted octanol–water partition coefficient (Wildman–Crippen LogP) is 1.17. The van der Waals surface area contributed by atoms with Gasteiger partial charge in [0.1, 0.15) is 5.57 Å². The van der Waals surface area contributed by atoms with Crippen molar-refractivity contribution >= 4 is 40.0 Å². The lowest BCUT2D eigenvalue weighted by Crippen LogP contribution is -2.51. The number of allylic oxidation sites excluding steroid dienone is 1. The predicted molar refractivity (Wildman–Crippen MR) is 79.0 cm³/mol. The highest BCUT2D eigenvalue weighted by molar-refractivity contribution is 7.80. The average Bonchev–Trinajstić information content (AvgIpc) is 2.81. The van der Waals surface area contributed by atoms with Crippen molar-refractivity contribution < 1.29 is 9.59 Å². The van der Waals surface area contributed by atoms with Crippen LogP contribution >= 0.6 is 12.2 Å². The molecule has 1 aliphatic heterocycles. The number of hydrogen-bond donors (Lipinski definition) is 3. The van der Waals surface area contributed by atoms with E-state index in [-0.39, 0.29) is 10.7 Å². The average molecular weight is 285 g/mol. The molecule has 2 amide bonds. The van der Waals surface area contributed by atoms with Crippen molar-refractivity contribution in [3.63, 3.8) is 0 Å². The van der Waals surface area contributed by atoms with Crippen molar-refractivity contribution in [3.8, 4) is 0 Å². The minimum atomic E-state index is -0.460. The Kier molecular flexibility index (Phi) is 3.08. The Morgan fingerprint density at radius 2 is 1.80 bits per heavy atom. The first-order valence-electron chi connectivity index (χ1n) is 6.07. The van der Waals surface area contributed by atoms with E-state index in [2.05, 4.69) is 15.6 Å². The first-order chi connectivity index (χ1) is 9.65. The molecule has 0 bridgehead atoms. The maximum Gasteiger partial charge on any atom is 0.262 e. The minimum Gasteiger partial charge on any atom is -0.361 e. The number of hydrogen-bond acceptors (Lipinski definition) is 3. The topological polar surface area (TPSA) is 74.0 Å². The number of nitrogens with one attached hydrogen (secondary N) is 3. The van der Waals surface area contributed by atoms with Gasteiger partial charge in [-0.3, -0.25) is 20.2 Å². The molecule has 0 unspecified atom stereocenters. The summed E-state index contributed by atoms with van der Waals surface area (Å²) < 4.78 is 0. The largest absolute Gasteiger partial charge is 0.361 e. The molecule has 2 aromatic rings. The lowest BCUT2D eigenvalue weighted by molar-refractivity contribution is -0.123. The van der Waals surface area contributed by atoms with Crippen LogP contribution in [0.4, 0.5) is 0 Å². The van der Waals surface area contributed by atoms with Crippen LogP contribution in [0.5, 0.6) is 0 Å². The Labute approximate surface area is 120 Å². The summed E-state index contributed by atoms with van der Waals surface area (Å²) >= 11 is 4.74. The monoisotopic (exact) mass is 285 g/mol. The van der Waals surface area contributed by atoms with Crippen LogP contribution in [-0.2, 0) is 16.0 Å². The standard InChI is InChI=1S/C14H11N3O2S/c18-12-10(13(19)17-14(20)16-12)6-5-8-7-15-11-4-2-1-3-9(8)11/h1-4,6-7,15H,5H2,(H2,16,17,18,19,20). The summed E-state index contributed by atoms with van der Waals surface area (Å²) in [4.78, 5) is 26.6. The van der Waals surface area contributed by atoms with Gasteiger partial charge in [0, 0.05) is 17.1 Å². The SMILES string of the molecule is O=C1NC(=S)NC(=O)C1=CCc1c[nH]c2ccccc12. The number of thiocarbonyl (C=S) groups is 1. The normalized spacial score (nSPS) is 15.2. The Bertz CT molecular complexity index is 739. The summed E-state index contributed by atoms with van der Waals surface area (Å²) in [5, 5.41) is 5.95. The van der Waals surface area contributed by atoms with Crippen LogP contribution < -0.4 is 10.6 Å². The molecule has 1 aromatic carbocycles. The van der Waals surface area contributed by atoms with Crippen LogP contribution in [0.3, 0.4) is 0 Å². The van der Waals surface area contributed by atoms with Crippen LogP contribution in [0, 0.1) is 0 Å². The molecule has 1 saturated heterocycles. The van der Waals surface area contributed by atoms with Crippen molar-refractivity contribution in [2.24, 2.45) is 0 Å². The van der Waals surface area contributed by atoms with E-state index in [1.807, 2.05) is 30.5 Å². The van der Waals surface area contributed by atoms with E-state index in [0.717, 1.165) is 16.5 Å². The third-order valence-corrected chi connectivity index (χ3v) is 3.35. The van der Waals surface area contributed by atoms with Gasteiger partial charge in [0.15, 0.2) is 5.11 Å². The van der Waals surface area contributed by atoms with Gasteiger partial charge in [-0.25, -0.2) is 0 Å². The highest BCUT2D eigenvalue weighted by Crippen LogP contribution is 2.19. The molecule has 1 aromatic heterocycles. The number of rotatable bonds is 2. The molecule has 2 heterocycles. The van der Waals surface area contributed by atoms with Gasteiger partial charge in [-0.2, -0.15) is 0 Å². The third-order valence-electron chi connectivity index (χ3n) is 3.14. The van der Waals surface area contributed by atoms with Crippen LogP contribution in [0.2, 0.25) is 0 Å². The molecule has 6 heteroatoms. The second-order valence-electron chi connectivity index (χ2n) is 4.42. The molecule has 0 radical (unpaired) electrons. The van der Waals surface area contributed by atoms with Gasteiger partial charge in [0.25, 0.3) is 11.8 Å². The Morgan fingerprint density at radius 1 is 1.10 bits per heavy atom. The molecule has 0 spiro atoms. The molecule has 20 heavy (non-hydrogen) atoms. The van der Waals surface area contributed by atoms with Gasteiger partial charge < -0.3 is 4.98 Å². The molecule has 100 valence electrons. The van der Waals surface area contributed by atoms with E-state index in [4.69, 9.17) is 12.2 Å². The number of aromatic nitrogens is 1. The zero-order valence-corrected chi connectivity index (χ0v) is 11.2. The summed E-state index contributed by atoms with van der Waals surface area (Å²) in [7, 11) is 0. The molecular formula is C14H11N3O2S. The smallest absolute Gasteiger partial charge is 0.262 e. The van der Waals surface area contributed by atoms with Gasteiger partial charge in [0.2, 0.25) is 0 Å². The zero-order chi connectivity index (χ0) is 14.1. The summed E-state index contributed by atoms with van der Waals surface area (Å²) in [6, 6.07) is 7.87. The van der Waals surface area contributed by atoms with Gasteiger partial charge in [-0.05, 0) is 30.3 Å². The van der Waals surface area contributed by atoms with Crippen LogP contribution in [0.25, 0.3) is 10.9 Å². The molecule has 0 saturated carbocycles. The fourth-order valence-electron chi connectivity index (χ4n) is 2.17. The molecule has 5 nitrogen and oxygen atoms in total. The molecule has 0 aliphatic carbocycles. The van der Waals surface area contributed by atoms with Crippen LogP contribution in [-0.4, -0.2) is 21.9 Å². The number of benzene rings is 1. The van der Waals surface area contributed by atoms with Crippen LogP contribution in [0.1, 0.15) is 5.56 Å². The second kappa shape index (κ2) is 4.90. The number of carbonyl (C=O) groups excluding carboxylic acids is 2. The number of carbonyl (C=O) groups is 2. The summed E-state index contributed by atoms with van der Waals surface area (Å²) in [6.07, 6.45) is 3.99. The minimum absolute atomic E-state index is 0.0456. The van der Waals surface area contributed by atoms with Crippen molar-refractivity contribution in [1.29, 1.82) is 0 Å². The van der Waals surface area contributed by atoms with E-state index >= 15 is 0 Å². The van der Waals surface area contributed by atoms with E-state index in [1.165, 1.54) is 0 Å². The zero-order valence-electron chi connectivity index (χ0n) is 10.4. The summed E-state index contributed by atoms with van der Waals surface area (Å²) in [5.74, 6) is -0.919. The van der Waals surface area contributed by atoms with E-state index in [9.17, 15) is 9.59 Å². The van der Waals surface area contributed by atoms with Gasteiger partial charge in [-0.15, -0.1) is 0 Å². The van der Waals surface area contributed by atoms with Gasteiger partial charge >= 0.3 is 0 Å². The first-order valence-corrected chi connectivity index (χ1v) is 6.48. The molecule has 0 atom stereocenters.